The molecule has 5 heteroatoms. The van der Waals surface area contributed by atoms with E-state index in [1.807, 2.05) is 25.1 Å². The SMILES string of the molecule is CCNCc1cc(OC)ccc1OCCC(=O)OC. The van der Waals surface area contributed by atoms with Crippen LogP contribution in [-0.4, -0.2) is 33.3 Å². The lowest BCUT2D eigenvalue weighted by Gasteiger charge is -2.13. The Morgan fingerprint density at radius 2 is 2.11 bits per heavy atom. The molecule has 0 aliphatic rings. The third kappa shape index (κ3) is 5.18. The number of hydrogen-bond acceptors (Lipinski definition) is 5. The summed E-state index contributed by atoms with van der Waals surface area (Å²) in [6.45, 7) is 3.91. The van der Waals surface area contributed by atoms with Crippen molar-refractivity contribution >= 4 is 5.97 Å². The zero-order valence-corrected chi connectivity index (χ0v) is 11.7. The average Bonchev–Trinajstić information content (AvgIpc) is 2.45. The van der Waals surface area contributed by atoms with Crippen LogP contribution in [0.3, 0.4) is 0 Å². The number of methoxy groups -OCH3 is 2. The van der Waals surface area contributed by atoms with Crippen LogP contribution in [0.4, 0.5) is 0 Å². The highest BCUT2D eigenvalue weighted by Gasteiger charge is 2.07. The summed E-state index contributed by atoms with van der Waals surface area (Å²) in [5.41, 5.74) is 1.01. The van der Waals surface area contributed by atoms with E-state index >= 15 is 0 Å². The number of ether oxygens (including phenoxy) is 3. The van der Waals surface area contributed by atoms with E-state index in [0.717, 1.165) is 23.6 Å². The minimum Gasteiger partial charge on any atom is -0.497 e. The molecule has 1 rings (SSSR count). The van der Waals surface area contributed by atoms with Crippen molar-refractivity contribution in [2.24, 2.45) is 0 Å². The maximum absolute atomic E-state index is 11.0. The van der Waals surface area contributed by atoms with Gasteiger partial charge in [0.1, 0.15) is 11.5 Å². The first-order valence-electron chi connectivity index (χ1n) is 6.28. The fourth-order valence-corrected chi connectivity index (χ4v) is 1.57. The van der Waals surface area contributed by atoms with Crippen LogP contribution in [-0.2, 0) is 16.1 Å². The molecule has 19 heavy (non-hydrogen) atoms. The van der Waals surface area contributed by atoms with E-state index in [4.69, 9.17) is 9.47 Å². The van der Waals surface area contributed by atoms with Crippen molar-refractivity contribution in [2.75, 3.05) is 27.4 Å². The first-order valence-corrected chi connectivity index (χ1v) is 6.28. The number of nitrogens with one attached hydrogen (secondary N) is 1. The summed E-state index contributed by atoms with van der Waals surface area (Å²) in [4.78, 5) is 11.0. The number of hydrogen-bond donors (Lipinski definition) is 1. The van der Waals surface area contributed by atoms with Gasteiger partial charge in [0, 0.05) is 12.1 Å². The summed E-state index contributed by atoms with van der Waals surface area (Å²) in [6, 6.07) is 5.61. The van der Waals surface area contributed by atoms with E-state index in [1.165, 1.54) is 7.11 Å². The lowest BCUT2D eigenvalue weighted by atomic mass is 10.2. The molecule has 0 spiro atoms. The third-order valence-corrected chi connectivity index (χ3v) is 2.62. The molecular formula is C14H21NO4. The molecule has 106 valence electrons. The van der Waals surface area contributed by atoms with Gasteiger partial charge >= 0.3 is 5.97 Å². The molecule has 0 saturated heterocycles. The maximum atomic E-state index is 11.0. The van der Waals surface area contributed by atoms with Crippen LogP contribution >= 0.6 is 0 Å². The van der Waals surface area contributed by atoms with Crippen LogP contribution in [0.5, 0.6) is 11.5 Å². The molecule has 0 heterocycles. The van der Waals surface area contributed by atoms with Crippen LogP contribution < -0.4 is 14.8 Å². The summed E-state index contributed by atoms with van der Waals surface area (Å²) < 4.78 is 15.4. The van der Waals surface area contributed by atoms with E-state index in [2.05, 4.69) is 10.1 Å². The quantitative estimate of drug-likeness (QED) is 0.727. The molecule has 0 aliphatic carbocycles. The van der Waals surface area contributed by atoms with Crippen molar-refractivity contribution < 1.29 is 19.0 Å². The first-order chi connectivity index (χ1) is 9.21. The second kappa shape index (κ2) is 8.37. The van der Waals surface area contributed by atoms with Gasteiger partial charge in [-0.15, -0.1) is 0 Å². The van der Waals surface area contributed by atoms with Crippen LogP contribution in [0, 0.1) is 0 Å². The largest absolute Gasteiger partial charge is 0.497 e. The Bertz CT molecular complexity index is 406. The third-order valence-electron chi connectivity index (χ3n) is 2.62. The second-order valence-electron chi connectivity index (χ2n) is 3.93. The number of carbonyl (C=O) groups excluding carboxylic acids is 1. The molecule has 1 aromatic rings. The minimum atomic E-state index is -0.276. The number of esters is 1. The fourth-order valence-electron chi connectivity index (χ4n) is 1.57. The summed E-state index contributed by atoms with van der Waals surface area (Å²) in [6.07, 6.45) is 0.239. The molecule has 1 N–H and O–H groups in total. The predicted octanol–water partition coefficient (Wildman–Crippen LogP) is 1.75. The van der Waals surface area contributed by atoms with Gasteiger partial charge in [0.25, 0.3) is 0 Å². The van der Waals surface area contributed by atoms with Gasteiger partial charge < -0.3 is 19.5 Å². The summed E-state index contributed by atoms with van der Waals surface area (Å²) >= 11 is 0. The van der Waals surface area contributed by atoms with E-state index in [0.29, 0.717) is 13.2 Å². The molecule has 5 nitrogen and oxygen atoms in total. The molecule has 0 saturated carbocycles. The van der Waals surface area contributed by atoms with Crippen LogP contribution in [0.1, 0.15) is 18.9 Å². The fraction of sp³-hybridized carbons (Fsp3) is 0.500. The maximum Gasteiger partial charge on any atom is 0.308 e. The molecule has 0 amide bonds. The number of carbonyl (C=O) groups is 1. The molecule has 0 radical (unpaired) electrons. The highest BCUT2D eigenvalue weighted by atomic mass is 16.5. The van der Waals surface area contributed by atoms with Gasteiger partial charge in [0.15, 0.2) is 0 Å². The second-order valence-corrected chi connectivity index (χ2v) is 3.93. The van der Waals surface area contributed by atoms with E-state index in [1.54, 1.807) is 7.11 Å². The Morgan fingerprint density at radius 3 is 2.74 bits per heavy atom. The summed E-state index contributed by atoms with van der Waals surface area (Å²) in [5, 5.41) is 3.24. The molecule has 0 unspecified atom stereocenters. The molecular weight excluding hydrogens is 246 g/mol. The summed E-state index contributed by atoms with van der Waals surface area (Å²) in [7, 11) is 3.00. The van der Waals surface area contributed by atoms with Crippen LogP contribution in [0.25, 0.3) is 0 Å². The Balaban J connectivity index is 2.66. The average molecular weight is 267 g/mol. The molecule has 0 aliphatic heterocycles. The Labute approximate surface area is 113 Å². The molecule has 0 fully saturated rings. The van der Waals surface area contributed by atoms with Gasteiger partial charge in [0.2, 0.25) is 0 Å². The van der Waals surface area contributed by atoms with Gasteiger partial charge in [-0.05, 0) is 24.7 Å². The molecule has 0 atom stereocenters. The van der Waals surface area contributed by atoms with Crippen molar-refractivity contribution in [1.29, 1.82) is 0 Å². The van der Waals surface area contributed by atoms with Gasteiger partial charge in [0.05, 0.1) is 27.2 Å². The van der Waals surface area contributed by atoms with Crippen molar-refractivity contribution in [3.05, 3.63) is 23.8 Å². The minimum absolute atomic E-state index is 0.239. The zero-order chi connectivity index (χ0) is 14.1. The van der Waals surface area contributed by atoms with E-state index in [9.17, 15) is 4.79 Å². The van der Waals surface area contributed by atoms with Crippen molar-refractivity contribution in [2.45, 2.75) is 19.9 Å². The number of rotatable bonds is 8. The zero-order valence-electron chi connectivity index (χ0n) is 11.7. The smallest absolute Gasteiger partial charge is 0.308 e. The van der Waals surface area contributed by atoms with Gasteiger partial charge in [-0.3, -0.25) is 4.79 Å². The number of benzene rings is 1. The highest BCUT2D eigenvalue weighted by molar-refractivity contribution is 5.69. The molecule has 0 aromatic heterocycles. The normalized spacial score (nSPS) is 10.1. The van der Waals surface area contributed by atoms with Gasteiger partial charge in [-0.2, -0.15) is 0 Å². The van der Waals surface area contributed by atoms with Crippen LogP contribution in [0.15, 0.2) is 18.2 Å². The van der Waals surface area contributed by atoms with E-state index in [-0.39, 0.29) is 12.4 Å². The Morgan fingerprint density at radius 1 is 1.32 bits per heavy atom. The van der Waals surface area contributed by atoms with Crippen molar-refractivity contribution in [3.8, 4) is 11.5 Å². The van der Waals surface area contributed by atoms with Crippen LogP contribution in [0.2, 0.25) is 0 Å². The highest BCUT2D eigenvalue weighted by Crippen LogP contribution is 2.24. The topological polar surface area (TPSA) is 56.8 Å². The van der Waals surface area contributed by atoms with Gasteiger partial charge in [-0.25, -0.2) is 0 Å². The summed E-state index contributed by atoms with van der Waals surface area (Å²) in [5.74, 6) is 1.26. The first kappa shape index (κ1) is 15.3. The predicted molar refractivity (Wildman–Crippen MR) is 72.5 cm³/mol. The molecule has 0 bridgehead atoms. The van der Waals surface area contributed by atoms with E-state index < -0.39 is 0 Å². The lowest BCUT2D eigenvalue weighted by molar-refractivity contribution is -0.141. The van der Waals surface area contributed by atoms with Crippen molar-refractivity contribution in [3.63, 3.8) is 0 Å². The standard InChI is InChI=1S/C14H21NO4/c1-4-15-10-11-9-12(17-2)5-6-13(11)19-8-7-14(16)18-3/h5-6,9,15H,4,7-8,10H2,1-3H3. The lowest BCUT2D eigenvalue weighted by Crippen LogP contribution is -2.14. The molecule has 1 aromatic carbocycles. The Hall–Kier alpha value is -1.75. The monoisotopic (exact) mass is 267 g/mol. The van der Waals surface area contributed by atoms with Gasteiger partial charge in [-0.1, -0.05) is 6.92 Å². The Kier molecular flexibility index (Phi) is 6.74. The van der Waals surface area contributed by atoms with Crippen molar-refractivity contribution in [1.82, 2.24) is 5.32 Å².